The highest BCUT2D eigenvalue weighted by molar-refractivity contribution is 6.61. The van der Waals surface area contributed by atoms with Crippen LogP contribution in [0.15, 0.2) is 12.1 Å². The van der Waals surface area contributed by atoms with Crippen molar-refractivity contribution in [2.75, 3.05) is 6.61 Å². The number of benzene rings is 1. The standard InChI is InChI=1S/C30H43BFNO7/c1-17-9-11-30(12-10-18(2)34)19(3)27(36)28(5,16-33)13-23(29(17,6)20(30)4)40-24(35)15-38-22-8-7-21-14-39-31(37)25(21)26(22)32/h7-8,16-17,19-20,23,27,33,36-37H,9-15H2,1-6H3/t17-,19+,20+,23-,27+,28+,29-,30+/m1/s1. The van der Waals surface area contributed by atoms with E-state index in [2.05, 4.69) is 20.8 Å². The Bertz CT molecular complexity index is 1170. The molecule has 2 fully saturated rings. The maximum atomic E-state index is 15.0. The lowest BCUT2D eigenvalue weighted by Gasteiger charge is -2.63. The fourth-order valence-corrected chi connectivity index (χ4v) is 7.89. The number of hydrogen-bond donors (Lipinski definition) is 3. The van der Waals surface area contributed by atoms with Crippen molar-refractivity contribution in [3.63, 3.8) is 0 Å². The number of carbonyl (C=O) groups excluding carboxylic acids is 2. The molecule has 2 saturated carbocycles. The van der Waals surface area contributed by atoms with Crippen LogP contribution in [0.25, 0.3) is 0 Å². The Hall–Kier alpha value is -2.30. The molecule has 3 aliphatic rings. The van der Waals surface area contributed by atoms with Crippen LogP contribution >= 0.6 is 0 Å². The van der Waals surface area contributed by atoms with Gasteiger partial charge in [-0.15, -0.1) is 0 Å². The molecule has 0 amide bonds. The van der Waals surface area contributed by atoms with Gasteiger partial charge in [-0.2, -0.15) is 0 Å². The van der Waals surface area contributed by atoms with E-state index in [1.807, 2.05) is 13.8 Å². The Labute approximate surface area is 236 Å². The number of aliphatic hydroxyl groups is 1. The average molecular weight is 559 g/mol. The molecule has 4 rings (SSSR count). The Morgan fingerprint density at radius 3 is 2.62 bits per heavy atom. The van der Waals surface area contributed by atoms with Crippen molar-refractivity contribution in [3.05, 3.63) is 23.5 Å². The first kappa shape index (κ1) is 30.7. The second-order valence-corrected chi connectivity index (χ2v) is 12.9. The number of halogens is 1. The summed E-state index contributed by atoms with van der Waals surface area (Å²) in [7, 11) is -1.38. The first-order valence-electron chi connectivity index (χ1n) is 14.3. The molecule has 1 aliphatic heterocycles. The SMILES string of the molecule is CC(=O)CC[C@]12CC[C@@H](C)[C@](C)([C@@H]1C)[C@H](OC(=O)COc1ccc3c(c1F)B(O)OC3)C[C@@](C)(C=N)[C@@H](O)[C@@H]2C. The number of ketones is 1. The lowest BCUT2D eigenvalue weighted by Crippen LogP contribution is -2.63. The van der Waals surface area contributed by atoms with Gasteiger partial charge in [0, 0.05) is 28.9 Å². The van der Waals surface area contributed by atoms with Gasteiger partial charge >= 0.3 is 13.1 Å². The van der Waals surface area contributed by atoms with Crippen molar-refractivity contribution in [1.29, 1.82) is 5.41 Å². The van der Waals surface area contributed by atoms with Crippen LogP contribution in [0.5, 0.6) is 5.75 Å². The third-order valence-electron chi connectivity index (χ3n) is 11.0. The van der Waals surface area contributed by atoms with Crippen LogP contribution in [-0.4, -0.2) is 54.0 Å². The molecule has 1 heterocycles. The summed E-state index contributed by atoms with van der Waals surface area (Å²) in [6.07, 6.45) is 2.69. The molecule has 0 unspecified atom stereocenters. The molecule has 3 N–H and O–H groups in total. The summed E-state index contributed by atoms with van der Waals surface area (Å²) in [6, 6.07) is 2.99. The van der Waals surface area contributed by atoms with Crippen LogP contribution < -0.4 is 10.2 Å². The average Bonchev–Trinajstić information content (AvgIpc) is 3.30. The van der Waals surface area contributed by atoms with E-state index in [1.54, 1.807) is 13.0 Å². The van der Waals surface area contributed by atoms with Crippen molar-refractivity contribution in [2.45, 2.75) is 92.5 Å². The Morgan fingerprint density at radius 2 is 1.98 bits per heavy atom. The third-order valence-corrected chi connectivity index (χ3v) is 11.0. The van der Waals surface area contributed by atoms with E-state index in [0.29, 0.717) is 18.4 Å². The van der Waals surface area contributed by atoms with E-state index in [-0.39, 0.29) is 53.2 Å². The monoisotopic (exact) mass is 559 g/mol. The summed E-state index contributed by atoms with van der Waals surface area (Å²) in [5.74, 6) is -1.55. The normalized spacial score (nSPS) is 37.2. The van der Waals surface area contributed by atoms with Crippen LogP contribution in [-0.2, 0) is 25.6 Å². The van der Waals surface area contributed by atoms with E-state index < -0.39 is 48.5 Å². The maximum Gasteiger partial charge on any atom is 0.494 e. The molecule has 1 aromatic carbocycles. The number of esters is 1. The fourth-order valence-electron chi connectivity index (χ4n) is 7.89. The van der Waals surface area contributed by atoms with E-state index in [9.17, 15) is 24.1 Å². The maximum absolute atomic E-state index is 15.0. The zero-order chi connectivity index (χ0) is 29.6. The molecule has 8 atom stereocenters. The third kappa shape index (κ3) is 5.00. The Kier molecular flexibility index (Phi) is 8.57. The van der Waals surface area contributed by atoms with Gasteiger partial charge in [0.25, 0.3) is 0 Å². The topological polar surface area (TPSA) is 126 Å². The van der Waals surface area contributed by atoms with E-state index >= 15 is 0 Å². The summed E-state index contributed by atoms with van der Waals surface area (Å²) in [6.45, 7) is 11.4. The second-order valence-electron chi connectivity index (χ2n) is 12.9. The van der Waals surface area contributed by atoms with Gasteiger partial charge in [-0.25, -0.2) is 9.18 Å². The molecule has 0 saturated heterocycles. The highest BCUT2D eigenvalue weighted by Gasteiger charge is 2.63. The minimum atomic E-state index is -1.38. The first-order valence-corrected chi connectivity index (χ1v) is 14.3. The Balaban J connectivity index is 1.63. The lowest BCUT2D eigenvalue weighted by atomic mass is 9.42. The quantitative estimate of drug-likeness (QED) is 0.251. The largest absolute Gasteiger partial charge is 0.494 e. The summed E-state index contributed by atoms with van der Waals surface area (Å²) in [5.41, 5.74) is -1.32. The van der Waals surface area contributed by atoms with E-state index in [0.717, 1.165) is 12.8 Å². The van der Waals surface area contributed by atoms with Crippen LogP contribution in [0.2, 0.25) is 0 Å². The number of carbonyl (C=O) groups is 2. The van der Waals surface area contributed by atoms with Gasteiger partial charge < -0.3 is 34.5 Å². The summed E-state index contributed by atoms with van der Waals surface area (Å²) >= 11 is 0. The van der Waals surface area contributed by atoms with Crippen LogP contribution in [0.3, 0.4) is 0 Å². The van der Waals surface area contributed by atoms with Gasteiger partial charge in [0.2, 0.25) is 0 Å². The molecule has 0 aromatic heterocycles. The van der Waals surface area contributed by atoms with Gasteiger partial charge in [-0.1, -0.05) is 40.7 Å². The first-order chi connectivity index (χ1) is 18.7. The molecule has 0 spiro atoms. The van der Waals surface area contributed by atoms with Crippen LogP contribution in [0, 0.1) is 45.2 Å². The zero-order valence-corrected chi connectivity index (χ0v) is 24.5. The molecule has 1 aromatic rings. The fraction of sp³-hybridized carbons (Fsp3) is 0.700. The van der Waals surface area contributed by atoms with Crippen molar-refractivity contribution in [1.82, 2.24) is 0 Å². The number of nitrogens with one attached hydrogen (secondary N) is 1. The number of fused-ring (bicyclic) bond motifs is 3. The van der Waals surface area contributed by atoms with Crippen LogP contribution in [0.4, 0.5) is 4.39 Å². The summed E-state index contributed by atoms with van der Waals surface area (Å²) in [4.78, 5) is 25.3. The minimum Gasteiger partial charge on any atom is -0.479 e. The van der Waals surface area contributed by atoms with Gasteiger partial charge in [0.05, 0.1) is 12.7 Å². The van der Waals surface area contributed by atoms with Crippen molar-refractivity contribution >= 4 is 30.5 Å². The lowest BCUT2D eigenvalue weighted by molar-refractivity contribution is -0.211. The number of rotatable bonds is 8. The second kappa shape index (κ2) is 11.2. The predicted molar refractivity (Wildman–Crippen MR) is 149 cm³/mol. The smallest absolute Gasteiger partial charge is 0.479 e. The molecule has 2 aliphatic carbocycles. The van der Waals surface area contributed by atoms with Crippen molar-refractivity contribution < 1.29 is 38.2 Å². The number of Topliss-reactive ketones (excluding diaryl/α,β-unsaturated/α-hetero) is 1. The van der Waals surface area contributed by atoms with Crippen molar-refractivity contribution in [3.8, 4) is 5.75 Å². The number of hydrogen-bond acceptors (Lipinski definition) is 8. The van der Waals surface area contributed by atoms with Gasteiger partial charge in [-0.05, 0) is 67.4 Å². The zero-order valence-electron chi connectivity index (χ0n) is 24.5. The highest BCUT2D eigenvalue weighted by Crippen LogP contribution is 2.64. The van der Waals surface area contributed by atoms with Gasteiger partial charge in [-0.3, -0.25) is 0 Å². The van der Waals surface area contributed by atoms with Gasteiger partial charge in [0.1, 0.15) is 11.9 Å². The summed E-state index contributed by atoms with van der Waals surface area (Å²) < 4.78 is 31.7. The molecule has 220 valence electrons. The molecule has 10 heteroatoms. The van der Waals surface area contributed by atoms with Crippen molar-refractivity contribution in [2.24, 2.45) is 34.0 Å². The van der Waals surface area contributed by atoms with E-state index in [4.69, 9.17) is 19.5 Å². The van der Waals surface area contributed by atoms with Gasteiger partial charge in [0.15, 0.2) is 18.2 Å². The van der Waals surface area contributed by atoms with E-state index in [1.165, 1.54) is 12.3 Å². The summed E-state index contributed by atoms with van der Waals surface area (Å²) in [5, 5.41) is 29.9. The number of ether oxygens (including phenoxy) is 2. The predicted octanol–water partition coefficient (Wildman–Crippen LogP) is 3.82. The molecule has 40 heavy (non-hydrogen) atoms. The molecule has 0 radical (unpaired) electrons. The highest BCUT2D eigenvalue weighted by atomic mass is 19.1. The molecule has 2 bridgehead atoms. The molecular weight excluding hydrogens is 516 g/mol. The molecular formula is C30H43BFNO7. The minimum absolute atomic E-state index is 0.00241. The molecule has 8 nitrogen and oxygen atoms in total. The number of aliphatic hydroxyl groups excluding tert-OH is 1. The van der Waals surface area contributed by atoms with Crippen LogP contribution in [0.1, 0.15) is 79.2 Å². The Morgan fingerprint density at radius 1 is 1.27 bits per heavy atom.